The molecule has 0 heterocycles. The van der Waals surface area contributed by atoms with Crippen LogP contribution in [0.25, 0.3) is 0 Å². The molecule has 1 amide bonds. The van der Waals surface area contributed by atoms with Crippen LogP contribution in [0.5, 0.6) is 5.75 Å². The number of hydrogen-bond acceptors (Lipinski definition) is 5. The number of sulfonamides is 1. The minimum absolute atomic E-state index is 0.0696. The fraction of sp³-hybridized carbons (Fsp3) is 0.167. The van der Waals surface area contributed by atoms with Gasteiger partial charge in [-0.3, -0.25) is 9.10 Å². The second-order valence-electron chi connectivity index (χ2n) is 7.28. The van der Waals surface area contributed by atoms with Gasteiger partial charge in [-0.25, -0.2) is 13.8 Å². The van der Waals surface area contributed by atoms with Crippen LogP contribution >= 0.6 is 11.6 Å². The second-order valence-corrected chi connectivity index (χ2v) is 9.55. The first-order chi connectivity index (χ1) is 15.7. The average Bonchev–Trinajstić information content (AvgIpc) is 2.80. The fourth-order valence-corrected chi connectivity index (χ4v) is 4.72. The summed E-state index contributed by atoms with van der Waals surface area (Å²) >= 11 is 6.23. The number of hydrogen-bond donors (Lipinski definition) is 1. The van der Waals surface area contributed by atoms with Crippen LogP contribution in [0.2, 0.25) is 5.02 Å². The Hall–Kier alpha value is -3.36. The molecule has 33 heavy (non-hydrogen) atoms. The smallest absolute Gasteiger partial charge is 0.264 e. The lowest BCUT2D eigenvalue weighted by Gasteiger charge is -2.25. The van der Waals surface area contributed by atoms with Gasteiger partial charge in [0.1, 0.15) is 12.3 Å². The summed E-state index contributed by atoms with van der Waals surface area (Å²) in [6.07, 6.45) is 1.45. The van der Waals surface area contributed by atoms with Crippen LogP contribution in [0.4, 0.5) is 5.69 Å². The third-order valence-electron chi connectivity index (χ3n) is 4.90. The molecule has 0 saturated carbocycles. The molecule has 0 spiro atoms. The molecule has 0 aliphatic heterocycles. The van der Waals surface area contributed by atoms with Crippen molar-refractivity contribution < 1.29 is 17.9 Å². The van der Waals surface area contributed by atoms with Gasteiger partial charge in [0.25, 0.3) is 15.9 Å². The molecule has 0 fully saturated rings. The number of rotatable bonds is 8. The first-order valence-electron chi connectivity index (χ1n) is 10.0. The minimum atomic E-state index is -4.05. The lowest BCUT2D eigenvalue weighted by atomic mass is 10.2. The molecule has 0 saturated heterocycles. The van der Waals surface area contributed by atoms with E-state index in [0.717, 1.165) is 9.87 Å². The number of methoxy groups -OCH3 is 1. The number of anilines is 1. The van der Waals surface area contributed by atoms with E-state index in [0.29, 0.717) is 27.6 Å². The zero-order chi connectivity index (χ0) is 24.0. The molecule has 7 nitrogen and oxygen atoms in total. The number of ether oxygens (including phenoxy) is 1. The molecule has 0 aromatic heterocycles. The van der Waals surface area contributed by atoms with Crippen LogP contribution in [-0.4, -0.2) is 34.2 Å². The highest BCUT2D eigenvalue weighted by atomic mass is 35.5. The minimum Gasteiger partial charge on any atom is -0.497 e. The van der Waals surface area contributed by atoms with Gasteiger partial charge < -0.3 is 4.74 Å². The normalized spacial score (nSPS) is 11.4. The SMILES string of the molecule is COc1cccc(/C=N\NC(=O)CN(c2cccc(Cl)c2C)S(=O)(=O)c2ccc(C)cc2)c1. The Morgan fingerprint density at radius 1 is 1.09 bits per heavy atom. The summed E-state index contributed by atoms with van der Waals surface area (Å²) in [5, 5.41) is 4.34. The van der Waals surface area contributed by atoms with E-state index in [1.54, 1.807) is 68.6 Å². The largest absolute Gasteiger partial charge is 0.497 e. The van der Waals surface area contributed by atoms with Gasteiger partial charge in [0.15, 0.2) is 0 Å². The summed E-state index contributed by atoms with van der Waals surface area (Å²) < 4.78 is 33.1. The van der Waals surface area contributed by atoms with Crippen molar-refractivity contribution in [3.05, 3.63) is 88.4 Å². The lowest BCUT2D eigenvalue weighted by molar-refractivity contribution is -0.119. The maximum absolute atomic E-state index is 13.5. The van der Waals surface area contributed by atoms with Crippen LogP contribution < -0.4 is 14.5 Å². The molecule has 0 bridgehead atoms. The van der Waals surface area contributed by atoms with Crippen molar-refractivity contribution in [1.82, 2.24) is 5.43 Å². The number of benzene rings is 3. The summed E-state index contributed by atoms with van der Waals surface area (Å²) in [5.41, 5.74) is 4.88. The Labute approximate surface area is 198 Å². The van der Waals surface area contributed by atoms with Gasteiger partial charge in [-0.2, -0.15) is 5.10 Å². The van der Waals surface area contributed by atoms with Gasteiger partial charge in [-0.1, -0.05) is 47.5 Å². The molecular weight excluding hydrogens is 462 g/mol. The van der Waals surface area contributed by atoms with E-state index < -0.39 is 22.5 Å². The van der Waals surface area contributed by atoms with E-state index in [1.165, 1.54) is 18.3 Å². The number of nitrogens with one attached hydrogen (secondary N) is 1. The van der Waals surface area contributed by atoms with Crippen LogP contribution in [0.1, 0.15) is 16.7 Å². The van der Waals surface area contributed by atoms with Crippen LogP contribution in [0, 0.1) is 13.8 Å². The molecule has 0 aliphatic carbocycles. The highest BCUT2D eigenvalue weighted by Gasteiger charge is 2.28. The van der Waals surface area contributed by atoms with Gasteiger partial charge in [0.05, 0.1) is 23.9 Å². The molecule has 3 aromatic rings. The molecular formula is C24H24ClN3O4S. The van der Waals surface area contributed by atoms with E-state index in [1.807, 2.05) is 6.92 Å². The maximum atomic E-state index is 13.5. The van der Waals surface area contributed by atoms with E-state index >= 15 is 0 Å². The molecule has 0 atom stereocenters. The van der Waals surface area contributed by atoms with Crippen molar-refractivity contribution in [2.45, 2.75) is 18.7 Å². The Morgan fingerprint density at radius 2 is 1.79 bits per heavy atom. The van der Waals surface area contributed by atoms with Crippen LogP contribution in [0.3, 0.4) is 0 Å². The zero-order valence-electron chi connectivity index (χ0n) is 18.4. The third kappa shape index (κ3) is 5.91. The van der Waals surface area contributed by atoms with Crippen LogP contribution in [0.15, 0.2) is 76.7 Å². The monoisotopic (exact) mass is 485 g/mol. The number of nitrogens with zero attached hydrogens (tertiary/aromatic N) is 2. The molecule has 0 unspecified atom stereocenters. The van der Waals surface area contributed by atoms with Crippen LogP contribution in [-0.2, 0) is 14.8 Å². The quantitative estimate of drug-likeness (QED) is 0.380. The molecule has 0 radical (unpaired) electrons. The van der Waals surface area contributed by atoms with E-state index in [4.69, 9.17) is 16.3 Å². The zero-order valence-corrected chi connectivity index (χ0v) is 20.0. The predicted octanol–water partition coefficient (Wildman–Crippen LogP) is 4.31. The fourth-order valence-electron chi connectivity index (χ4n) is 3.07. The van der Waals surface area contributed by atoms with E-state index in [2.05, 4.69) is 10.5 Å². The number of hydrazone groups is 1. The first kappa shape index (κ1) is 24.3. The standard InChI is InChI=1S/C24H24ClN3O4S/c1-17-10-12-21(13-11-17)33(30,31)28(23-9-5-8-22(25)18(23)2)16-24(29)27-26-15-19-6-4-7-20(14-19)32-3/h4-15H,16H2,1-3H3,(H,27,29)/b26-15-. The summed E-state index contributed by atoms with van der Waals surface area (Å²) in [4.78, 5) is 12.7. The molecule has 9 heteroatoms. The molecule has 172 valence electrons. The third-order valence-corrected chi connectivity index (χ3v) is 7.08. The number of aryl methyl sites for hydroxylation is 1. The van der Waals surface area contributed by atoms with Gasteiger partial charge in [0, 0.05) is 5.02 Å². The number of amides is 1. The molecule has 3 aromatic carbocycles. The van der Waals surface area contributed by atoms with Crippen molar-refractivity contribution in [3.8, 4) is 5.75 Å². The van der Waals surface area contributed by atoms with Gasteiger partial charge >= 0.3 is 0 Å². The highest BCUT2D eigenvalue weighted by molar-refractivity contribution is 7.92. The Morgan fingerprint density at radius 3 is 2.48 bits per heavy atom. The van der Waals surface area contributed by atoms with E-state index in [9.17, 15) is 13.2 Å². The molecule has 0 aliphatic rings. The van der Waals surface area contributed by atoms with Crippen molar-refractivity contribution in [2.75, 3.05) is 18.0 Å². The number of halogens is 1. The molecule has 3 rings (SSSR count). The van der Waals surface area contributed by atoms with Crippen molar-refractivity contribution in [3.63, 3.8) is 0 Å². The summed E-state index contributed by atoms with van der Waals surface area (Å²) in [7, 11) is -2.49. The Balaban J connectivity index is 1.88. The summed E-state index contributed by atoms with van der Waals surface area (Å²) in [5.74, 6) is 0.0429. The first-order valence-corrected chi connectivity index (χ1v) is 11.8. The maximum Gasteiger partial charge on any atom is 0.264 e. The van der Waals surface area contributed by atoms with Crippen molar-refractivity contribution in [1.29, 1.82) is 0 Å². The van der Waals surface area contributed by atoms with E-state index in [-0.39, 0.29) is 4.90 Å². The van der Waals surface area contributed by atoms with Gasteiger partial charge in [0.2, 0.25) is 0 Å². The summed E-state index contributed by atoms with van der Waals surface area (Å²) in [6.45, 7) is 3.09. The second kappa shape index (κ2) is 10.5. The number of carbonyl (C=O) groups excluding carboxylic acids is 1. The Kier molecular flexibility index (Phi) is 7.73. The average molecular weight is 486 g/mol. The number of carbonyl (C=O) groups is 1. The Bertz CT molecular complexity index is 1280. The highest BCUT2D eigenvalue weighted by Crippen LogP contribution is 2.30. The van der Waals surface area contributed by atoms with Crippen molar-refractivity contribution >= 4 is 39.4 Å². The lowest BCUT2D eigenvalue weighted by Crippen LogP contribution is -2.40. The van der Waals surface area contributed by atoms with Crippen molar-refractivity contribution in [2.24, 2.45) is 5.10 Å². The molecule has 1 N–H and O–H groups in total. The summed E-state index contributed by atoms with van der Waals surface area (Å²) in [6, 6.07) is 18.5. The van der Waals surface area contributed by atoms with Gasteiger partial charge in [-0.15, -0.1) is 0 Å². The van der Waals surface area contributed by atoms with Gasteiger partial charge in [-0.05, 0) is 61.4 Å². The topological polar surface area (TPSA) is 88.1 Å². The predicted molar refractivity (Wildman–Crippen MR) is 131 cm³/mol.